The number of nitrogens with two attached hydrogens (primary N) is 1. The third-order valence-corrected chi connectivity index (χ3v) is 1.31. The van der Waals surface area contributed by atoms with E-state index in [2.05, 4.69) is 12.6 Å². The first kappa shape index (κ1) is 12.8. The molecule has 0 heterocycles. The van der Waals surface area contributed by atoms with Crippen LogP contribution in [-0.4, -0.2) is 21.9 Å². The molecular formula is C5H13NO2S2. The van der Waals surface area contributed by atoms with Crippen molar-refractivity contribution < 1.29 is 9.90 Å². The summed E-state index contributed by atoms with van der Waals surface area (Å²) in [5.41, 5.74) is 5.22. The summed E-state index contributed by atoms with van der Waals surface area (Å²) in [5.74, 6) is -1.02. The van der Waals surface area contributed by atoms with Gasteiger partial charge in [0.2, 0.25) is 0 Å². The number of carboxylic acids is 1. The number of hydrogen-bond donors (Lipinski definition) is 3. The van der Waals surface area contributed by atoms with Crippen LogP contribution < -0.4 is 5.73 Å². The van der Waals surface area contributed by atoms with E-state index in [0.29, 0.717) is 0 Å². The monoisotopic (exact) mass is 183 g/mol. The molecule has 3 nitrogen and oxygen atoms in total. The average Bonchev–Trinajstić information content (AvgIpc) is 1.62. The van der Waals surface area contributed by atoms with Gasteiger partial charge in [0.15, 0.2) is 0 Å². The van der Waals surface area contributed by atoms with Gasteiger partial charge in [-0.2, -0.15) is 26.1 Å². The highest BCUT2D eigenvalue weighted by molar-refractivity contribution is 7.81. The summed E-state index contributed by atoms with van der Waals surface area (Å²) in [4.78, 5) is 10.2. The smallest absolute Gasteiger partial charge is 0.321 e. The molecule has 0 bridgehead atoms. The number of carbonyl (C=O) groups is 1. The van der Waals surface area contributed by atoms with Gasteiger partial charge in [-0.05, 0) is 13.8 Å². The topological polar surface area (TPSA) is 63.3 Å². The van der Waals surface area contributed by atoms with Crippen molar-refractivity contribution >= 4 is 32.1 Å². The second kappa shape index (κ2) is 4.10. The van der Waals surface area contributed by atoms with E-state index in [4.69, 9.17) is 10.8 Å². The van der Waals surface area contributed by atoms with E-state index in [1.54, 1.807) is 13.8 Å². The van der Waals surface area contributed by atoms with E-state index in [9.17, 15) is 4.79 Å². The predicted octanol–water partition coefficient (Wildman–Crippen LogP) is 0.219. The number of carboxylic acid groups (broad SMARTS) is 1. The maximum absolute atomic E-state index is 10.2. The Kier molecular flexibility index (Phi) is 5.24. The Morgan fingerprint density at radius 3 is 2.00 bits per heavy atom. The van der Waals surface area contributed by atoms with Gasteiger partial charge in [0, 0.05) is 4.75 Å². The van der Waals surface area contributed by atoms with Crippen LogP contribution in [0.2, 0.25) is 0 Å². The molecule has 0 rings (SSSR count). The molecular weight excluding hydrogens is 170 g/mol. The molecule has 0 aromatic rings. The molecule has 3 N–H and O–H groups in total. The normalized spacial score (nSPS) is 13.6. The second-order valence-electron chi connectivity index (χ2n) is 2.47. The van der Waals surface area contributed by atoms with Crippen molar-refractivity contribution in [2.45, 2.75) is 24.6 Å². The molecule has 0 saturated heterocycles. The highest BCUT2D eigenvalue weighted by Crippen LogP contribution is 2.15. The van der Waals surface area contributed by atoms with E-state index >= 15 is 0 Å². The number of thiol groups is 1. The van der Waals surface area contributed by atoms with Crippen LogP contribution in [0.1, 0.15) is 13.8 Å². The zero-order chi connectivity index (χ0) is 7.65. The summed E-state index contributed by atoms with van der Waals surface area (Å²) < 4.78 is -0.647. The molecule has 0 saturated carbocycles. The van der Waals surface area contributed by atoms with E-state index in [1.165, 1.54) is 0 Å². The molecule has 0 aromatic carbocycles. The van der Waals surface area contributed by atoms with Crippen molar-refractivity contribution in [2.24, 2.45) is 5.73 Å². The van der Waals surface area contributed by atoms with Gasteiger partial charge < -0.3 is 10.8 Å². The van der Waals surface area contributed by atoms with Gasteiger partial charge in [0.25, 0.3) is 0 Å². The Balaban J connectivity index is 0. The second-order valence-corrected chi connectivity index (χ2v) is 3.62. The summed E-state index contributed by atoms with van der Waals surface area (Å²) >= 11 is 3.98. The largest absolute Gasteiger partial charge is 0.480 e. The lowest BCUT2D eigenvalue weighted by molar-refractivity contribution is -0.139. The summed E-state index contributed by atoms with van der Waals surface area (Å²) in [5, 5.41) is 8.34. The summed E-state index contributed by atoms with van der Waals surface area (Å²) in [6.45, 7) is 3.32. The Labute approximate surface area is 72.8 Å². The molecule has 10 heavy (non-hydrogen) atoms. The van der Waals surface area contributed by atoms with E-state index < -0.39 is 16.8 Å². The number of rotatable bonds is 2. The Hall–Kier alpha value is 0.130. The highest BCUT2D eigenvalue weighted by atomic mass is 32.1. The van der Waals surface area contributed by atoms with Crippen molar-refractivity contribution in [3.8, 4) is 0 Å². The minimum atomic E-state index is -1.02. The van der Waals surface area contributed by atoms with Gasteiger partial charge in [-0.1, -0.05) is 0 Å². The highest BCUT2D eigenvalue weighted by Gasteiger charge is 2.27. The molecule has 1 atom stereocenters. The maximum Gasteiger partial charge on any atom is 0.321 e. The van der Waals surface area contributed by atoms with Crippen molar-refractivity contribution in [1.29, 1.82) is 0 Å². The van der Waals surface area contributed by atoms with Gasteiger partial charge >= 0.3 is 5.97 Å². The van der Waals surface area contributed by atoms with Crippen LogP contribution in [0.25, 0.3) is 0 Å². The minimum absolute atomic E-state index is 0. The first-order chi connectivity index (χ1) is 3.85. The molecule has 0 amide bonds. The molecule has 0 aliphatic carbocycles. The fraction of sp³-hybridized carbons (Fsp3) is 0.800. The molecule has 5 heteroatoms. The van der Waals surface area contributed by atoms with Gasteiger partial charge in [-0.3, -0.25) is 4.79 Å². The van der Waals surface area contributed by atoms with Crippen LogP contribution >= 0.6 is 26.1 Å². The van der Waals surface area contributed by atoms with Gasteiger partial charge in [0.1, 0.15) is 6.04 Å². The van der Waals surface area contributed by atoms with Crippen LogP contribution in [0.15, 0.2) is 0 Å². The summed E-state index contributed by atoms with van der Waals surface area (Å²) in [6.07, 6.45) is 0. The molecule has 1 unspecified atom stereocenters. The number of hydrogen-bond acceptors (Lipinski definition) is 3. The summed E-state index contributed by atoms with van der Waals surface area (Å²) in [6, 6.07) is -0.902. The predicted molar refractivity (Wildman–Crippen MR) is 49.1 cm³/mol. The van der Waals surface area contributed by atoms with E-state index in [1.807, 2.05) is 0 Å². The summed E-state index contributed by atoms with van der Waals surface area (Å²) in [7, 11) is 0. The van der Waals surface area contributed by atoms with Crippen LogP contribution in [0, 0.1) is 0 Å². The van der Waals surface area contributed by atoms with E-state index in [0.717, 1.165) is 0 Å². The third kappa shape index (κ3) is 4.03. The van der Waals surface area contributed by atoms with E-state index in [-0.39, 0.29) is 13.5 Å². The van der Waals surface area contributed by atoms with Gasteiger partial charge in [-0.25, -0.2) is 0 Å². The van der Waals surface area contributed by atoms with Crippen LogP contribution in [0.4, 0.5) is 0 Å². The van der Waals surface area contributed by atoms with Gasteiger partial charge in [-0.15, -0.1) is 0 Å². The zero-order valence-corrected chi connectivity index (χ0v) is 7.85. The lowest BCUT2D eigenvalue weighted by Crippen LogP contribution is -2.45. The standard InChI is InChI=1S/C5H11NO2S.H2S/c1-5(2,9)3(6)4(7)8;/h3,9H,6H2,1-2H3,(H,7,8);1H2. The Morgan fingerprint density at radius 1 is 1.70 bits per heavy atom. The fourth-order valence-electron chi connectivity index (χ4n) is 0.302. The molecule has 62 valence electrons. The Morgan fingerprint density at radius 2 is 2.00 bits per heavy atom. The molecule has 0 aliphatic heterocycles. The number of aliphatic carboxylic acids is 1. The van der Waals surface area contributed by atoms with Crippen molar-refractivity contribution in [3.63, 3.8) is 0 Å². The first-order valence-corrected chi connectivity index (χ1v) is 3.01. The third-order valence-electron chi connectivity index (χ3n) is 1.03. The lowest BCUT2D eigenvalue weighted by atomic mass is 10.1. The van der Waals surface area contributed by atoms with Crippen molar-refractivity contribution in [2.75, 3.05) is 0 Å². The lowest BCUT2D eigenvalue weighted by Gasteiger charge is -2.21. The van der Waals surface area contributed by atoms with Crippen LogP contribution in [-0.2, 0) is 4.79 Å². The quantitative estimate of drug-likeness (QED) is 0.537. The first-order valence-electron chi connectivity index (χ1n) is 2.56. The average molecular weight is 183 g/mol. The van der Waals surface area contributed by atoms with Crippen LogP contribution in [0.3, 0.4) is 0 Å². The van der Waals surface area contributed by atoms with Crippen molar-refractivity contribution in [3.05, 3.63) is 0 Å². The molecule has 0 aromatic heterocycles. The zero-order valence-electron chi connectivity index (χ0n) is 5.96. The minimum Gasteiger partial charge on any atom is -0.480 e. The van der Waals surface area contributed by atoms with Gasteiger partial charge in [0.05, 0.1) is 0 Å². The Bertz CT molecular complexity index is 121. The maximum atomic E-state index is 10.2. The molecule has 0 radical (unpaired) electrons. The molecule has 0 spiro atoms. The van der Waals surface area contributed by atoms with Crippen LogP contribution in [0.5, 0.6) is 0 Å². The molecule has 0 aliphatic rings. The molecule has 0 fully saturated rings. The fourth-order valence-corrected chi connectivity index (χ4v) is 0.413. The van der Waals surface area contributed by atoms with Crippen molar-refractivity contribution in [1.82, 2.24) is 0 Å². The SMILES string of the molecule is CC(C)(S)C(N)C(=O)O.S.